The van der Waals surface area contributed by atoms with Gasteiger partial charge >= 0.3 is 5.97 Å². The Bertz CT molecular complexity index is 842. The number of nitrogens with zero attached hydrogens (tertiary/aromatic N) is 1. The van der Waals surface area contributed by atoms with Crippen molar-refractivity contribution in [3.05, 3.63) is 65.2 Å². The molecule has 24 heavy (non-hydrogen) atoms. The number of rotatable bonds is 5. The summed E-state index contributed by atoms with van der Waals surface area (Å²) in [6.07, 6.45) is 0. The van der Waals surface area contributed by atoms with Crippen molar-refractivity contribution in [1.82, 2.24) is 4.98 Å². The first-order valence-electron chi connectivity index (χ1n) is 7.21. The van der Waals surface area contributed by atoms with Crippen LogP contribution in [0.4, 0.5) is 0 Å². The quantitative estimate of drug-likeness (QED) is 0.713. The second-order valence-electron chi connectivity index (χ2n) is 4.97. The first kappa shape index (κ1) is 16.0. The van der Waals surface area contributed by atoms with Gasteiger partial charge in [0.2, 0.25) is 0 Å². The molecular weight excluding hydrogens is 326 g/mol. The molecule has 0 saturated carbocycles. The second-order valence-corrected chi connectivity index (χ2v) is 5.83. The van der Waals surface area contributed by atoms with Crippen LogP contribution in [0, 0.1) is 0 Å². The van der Waals surface area contributed by atoms with Crippen LogP contribution in [0.15, 0.2) is 53.9 Å². The van der Waals surface area contributed by atoms with E-state index in [4.69, 9.17) is 9.47 Å². The molecule has 0 saturated heterocycles. The van der Waals surface area contributed by atoms with Gasteiger partial charge in [-0.05, 0) is 36.4 Å². The van der Waals surface area contributed by atoms with E-state index in [0.717, 1.165) is 16.3 Å². The number of aromatic nitrogens is 1. The van der Waals surface area contributed by atoms with Crippen LogP contribution in [-0.4, -0.2) is 23.2 Å². The smallest absolute Gasteiger partial charge is 0.338 e. The van der Waals surface area contributed by atoms with Gasteiger partial charge in [0.1, 0.15) is 23.1 Å². The molecule has 0 fully saturated rings. The van der Waals surface area contributed by atoms with Crippen LogP contribution >= 0.6 is 11.3 Å². The molecule has 1 N–H and O–H groups in total. The molecule has 1 heterocycles. The molecule has 0 aliphatic heterocycles. The molecule has 0 bridgehead atoms. The van der Waals surface area contributed by atoms with E-state index < -0.39 is 5.97 Å². The minimum atomic E-state index is -0.457. The number of carbonyl (C=O) groups excluding carboxylic acids is 1. The molecule has 0 aliphatic carbocycles. The van der Waals surface area contributed by atoms with Crippen molar-refractivity contribution >= 4 is 17.3 Å². The standard InChI is InChI=1S/C18H15NO4S/c1-22-16-5-3-2-4-15(16)17-19-13(11-24-17)10-23-18(21)12-6-8-14(20)9-7-12/h2-9,11,20H,10H2,1H3. The summed E-state index contributed by atoms with van der Waals surface area (Å²) in [5, 5.41) is 11.9. The molecule has 122 valence electrons. The average molecular weight is 341 g/mol. The molecule has 0 amide bonds. The van der Waals surface area contributed by atoms with E-state index in [1.165, 1.54) is 35.6 Å². The van der Waals surface area contributed by atoms with E-state index in [1.54, 1.807) is 7.11 Å². The van der Waals surface area contributed by atoms with Gasteiger partial charge in [-0.1, -0.05) is 12.1 Å². The number of para-hydroxylation sites is 1. The van der Waals surface area contributed by atoms with E-state index in [0.29, 0.717) is 11.3 Å². The third kappa shape index (κ3) is 3.55. The van der Waals surface area contributed by atoms with Crippen LogP contribution in [0.1, 0.15) is 16.1 Å². The maximum Gasteiger partial charge on any atom is 0.338 e. The van der Waals surface area contributed by atoms with Crippen LogP contribution in [-0.2, 0) is 11.3 Å². The zero-order valence-corrected chi connectivity index (χ0v) is 13.7. The Kier molecular flexibility index (Phi) is 4.77. The molecule has 0 radical (unpaired) electrons. The van der Waals surface area contributed by atoms with Crippen LogP contribution in [0.3, 0.4) is 0 Å². The molecule has 5 nitrogen and oxygen atoms in total. The Hall–Kier alpha value is -2.86. The Labute approximate surface area is 143 Å². The highest BCUT2D eigenvalue weighted by molar-refractivity contribution is 7.13. The number of ether oxygens (including phenoxy) is 2. The van der Waals surface area contributed by atoms with Gasteiger partial charge in [-0.2, -0.15) is 0 Å². The van der Waals surface area contributed by atoms with E-state index >= 15 is 0 Å². The van der Waals surface area contributed by atoms with Crippen molar-refractivity contribution in [3.8, 4) is 22.1 Å². The number of phenolic OH excluding ortho intramolecular Hbond substituents is 1. The maximum atomic E-state index is 12.0. The first-order valence-corrected chi connectivity index (χ1v) is 8.09. The molecule has 3 rings (SSSR count). The lowest BCUT2D eigenvalue weighted by molar-refractivity contribution is 0.0468. The summed E-state index contributed by atoms with van der Waals surface area (Å²) in [5.74, 6) is 0.397. The largest absolute Gasteiger partial charge is 0.508 e. The van der Waals surface area contributed by atoms with Crippen molar-refractivity contribution in [1.29, 1.82) is 0 Å². The molecule has 0 aliphatic rings. The SMILES string of the molecule is COc1ccccc1-c1nc(COC(=O)c2ccc(O)cc2)cs1. The number of thiazole rings is 1. The molecule has 0 unspecified atom stereocenters. The summed E-state index contributed by atoms with van der Waals surface area (Å²) in [5.41, 5.74) is 1.96. The molecular formula is C18H15NO4S. The second kappa shape index (κ2) is 7.14. The number of carbonyl (C=O) groups is 1. The van der Waals surface area contributed by atoms with Gasteiger partial charge < -0.3 is 14.6 Å². The van der Waals surface area contributed by atoms with Crippen LogP contribution < -0.4 is 4.74 Å². The van der Waals surface area contributed by atoms with E-state index in [1.807, 2.05) is 29.6 Å². The van der Waals surface area contributed by atoms with Gasteiger partial charge in [-0.25, -0.2) is 9.78 Å². The van der Waals surface area contributed by atoms with Crippen LogP contribution in [0.5, 0.6) is 11.5 Å². The fourth-order valence-corrected chi connectivity index (χ4v) is 2.97. The monoisotopic (exact) mass is 341 g/mol. The summed E-state index contributed by atoms with van der Waals surface area (Å²) in [6.45, 7) is 0.0886. The highest BCUT2D eigenvalue weighted by Gasteiger charge is 2.12. The zero-order chi connectivity index (χ0) is 16.9. The summed E-state index contributed by atoms with van der Waals surface area (Å²) in [4.78, 5) is 16.4. The predicted octanol–water partition coefficient (Wildman–Crippen LogP) is 3.88. The number of aromatic hydroxyl groups is 1. The predicted molar refractivity (Wildman–Crippen MR) is 91.3 cm³/mol. The van der Waals surface area contributed by atoms with Gasteiger partial charge in [0.15, 0.2) is 0 Å². The van der Waals surface area contributed by atoms with Crippen molar-refractivity contribution in [2.45, 2.75) is 6.61 Å². The van der Waals surface area contributed by atoms with E-state index in [-0.39, 0.29) is 12.4 Å². The van der Waals surface area contributed by atoms with Gasteiger partial charge in [0, 0.05) is 5.38 Å². The summed E-state index contributed by atoms with van der Waals surface area (Å²) < 4.78 is 10.6. The van der Waals surface area contributed by atoms with Crippen molar-refractivity contribution in [2.75, 3.05) is 7.11 Å². The van der Waals surface area contributed by atoms with Crippen molar-refractivity contribution in [2.24, 2.45) is 0 Å². The lowest BCUT2D eigenvalue weighted by atomic mass is 10.2. The summed E-state index contributed by atoms with van der Waals surface area (Å²) in [7, 11) is 1.62. The van der Waals surface area contributed by atoms with Gasteiger partial charge in [0.05, 0.1) is 23.9 Å². The normalized spacial score (nSPS) is 10.4. The Morgan fingerprint density at radius 3 is 2.67 bits per heavy atom. The number of hydrogen-bond acceptors (Lipinski definition) is 6. The minimum absolute atomic E-state index is 0.0886. The third-order valence-electron chi connectivity index (χ3n) is 3.34. The minimum Gasteiger partial charge on any atom is -0.508 e. The Morgan fingerprint density at radius 2 is 1.92 bits per heavy atom. The number of hydrogen-bond donors (Lipinski definition) is 1. The first-order chi connectivity index (χ1) is 11.7. The molecule has 0 atom stereocenters. The maximum absolute atomic E-state index is 12.0. The number of benzene rings is 2. The third-order valence-corrected chi connectivity index (χ3v) is 4.27. The summed E-state index contributed by atoms with van der Waals surface area (Å²) in [6, 6.07) is 13.5. The van der Waals surface area contributed by atoms with E-state index in [9.17, 15) is 9.90 Å². The summed E-state index contributed by atoms with van der Waals surface area (Å²) >= 11 is 1.47. The highest BCUT2D eigenvalue weighted by Crippen LogP contribution is 2.32. The average Bonchev–Trinajstić information content (AvgIpc) is 3.09. The topological polar surface area (TPSA) is 68.7 Å². The van der Waals surface area contributed by atoms with Gasteiger partial charge in [-0.15, -0.1) is 11.3 Å². The van der Waals surface area contributed by atoms with Gasteiger partial charge in [-0.3, -0.25) is 0 Å². The lowest BCUT2D eigenvalue weighted by Crippen LogP contribution is -2.05. The van der Waals surface area contributed by atoms with E-state index in [2.05, 4.69) is 4.98 Å². The Morgan fingerprint density at radius 1 is 1.17 bits per heavy atom. The molecule has 0 spiro atoms. The highest BCUT2D eigenvalue weighted by atomic mass is 32.1. The number of methoxy groups -OCH3 is 1. The van der Waals surface area contributed by atoms with Crippen LogP contribution in [0.25, 0.3) is 10.6 Å². The zero-order valence-electron chi connectivity index (χ0n) is 12.9. The number of esters is 1. The molecule has 1 aromatic heterocycles. The molecule has 2 aromatic carbocycles. The Balaban J connectivity index is 1.68. The van der Waals surface area contributed by atoms with Crippen molar-refractivity contribution < 1.29 is 19.4 Å². The molecule has 6 heteroatoms. The fraction of sp³-hybridized carbons (Fsp3) is 0.111. The molecule has 3 aromatic rings. The number of phenols is 1. The van der Waals surface area contributed by atoms with Gasteiger partial charge in [0.25, 0.3) is 0 Å². The lowest BCUT2D eigenvalue weighted by Gasteiger charge is -2.05. The van der Waals surface area contributed by atoms with Crippen LogP contribution in [0.2, 0.25) is 0 Å². The fourth-order valence-electron chi connectivity index (χ4n) is 2.14. The van der Waals surface area contributed by atoms with Crippen molar-refractivity contribution in [3.63, 3.8) is 0 Å².